The van der Waals surface area contributed by atoms with Crippen molar-refractivity contribution in [3.63, 3.8) is 0 Å². The van der Waals surface area contributed by atoms with Crippen molar-refractivity contribution in [2.75, 3.05) is 13.2 Å². The molecule has 0 aliphatic rings. The zero-order chi connectivity index (χ0) is 16.2. The lowest BCUT2D eigenvalue weighted by Crippen LogP contribution is -2.31. The van der Waals surface area contributed by atoms with Crippen LogP contribution >= 0.6 is 11.3 Å². The molecule has 0 aliphatic heterocycles. The molecule has 0 saturated carbocycles. The van der Waals surface area contributed by atoms with E-state index in [2.05, 4.69) is 20.8 Å². The number of hydrogen-bond donors (Lipinski definition) is 2. The van der Waals surface area contributed by atoms with Crippen molar-refractivity contribution in [3.8, 4) is 0 Å². The average molecular weight is 330 g/mol. The van der Waals surface area contributed by atoms with E-state index in [1.54, 1.807) is 22.0 Å². The summed E-state index contributed by atoms with van der Waals surface area (Å²) in [5, 5.41) is 20.6. The summed E-state index contributed by atoms with van der Waals surface area (Å²) in [4.78, 5) is 16.6. The first-order chi connectivity index (χ1) is 11.2. The number of amides is 1. The maximum atomic E-state index is 12.3. The van der Waals surface area contributed by atoms with E-state index in [0.717, 1.165) is 12.0 Å². The Balaban J connectivity index is 1.65. The molecule has 3 heterocycles. The summed E-state index contributed by atoms with van der Waals surface area (Å²) in [5.41, 5.74) is 3.13. The first kappa shape index (κ1) is 15.6. The van der Waals surface area contributed by atoms with Gasteiger partial charge in [-0.25, -0.2) is 9.50 Å². The van der Waals surface area contributed by atoms with E-state index in [1.165, 1.54) is 11.8 Å². The van der Waals surface area contributed by atoms with Gasteiger partial charge in [0.1, 0.15) is 5.56 Å². The first-order valence-corrected chi connectivity index (χ1v) is 8.31. The molecular weight excluding hydrogens is 312 g/mol. The highest BCUT2D eigenvalue weighted by atomic mass is 32.1. The second-order valence-electron chi connectivity index (χ2n) is 5.55. The molecule has 6 nitrogen and oxygen atoms in total. The third-order valence-electron chi connectivity index (χ3n) is 3.64. The predicted molar refractivity (Wildman–Crippen MR) is 88.7 cm³/mol. The number of aliphatic hydroxyl groups is 1. The van der Waals surface area contributed by atoms with E-state index in [1.807, 2.05) is 24.6 Å². The van der Waals surface area contributed by atoms with Crippen molar-refractivity contribution in [2.24, 2.45) is 5.92 Å². The predicted octanol–water partition coefficient (Wildman–Crippen LogP) is 1.68. The summed E-state index contributed by atoms with van der Waals surface area (Å²) >= 11 is 1.63. The maximum Gasteiger partial charge on any atom is 0.256 e. The third kappa shape index (κ3) is 3.57. The lowest BCUT2D eigenvalue weighted by Gasteiger charge is -2.14. The molecule has 1 amide bonds. The fourth-order valence-corrected chi connectivity index (χ4v) is 3.09. The van der Waals surface area contributed by atoms with Gasteiger partial charge in [-0.15, -0.1) is 0 Å². The monoisotopic (exact) mass is 330 g/mol. The summed E-state index contributed by atoms with van der Waals surface area (Å²) in [6.45, 7) is 2.36. The van der Waals surface area contributed by atoms with Crippen molar-refractivity contribution in [2.45, 2.75) is 13.3 Å². The Bertz CT molecular complexity index is 798. The van der Waals surface area contributed by atoms with Crippen LogP contribution in [0.1, 0.15) is 21.5 Å². The minimum Gasteiger partial charge on any atom is -0.396 e. The molecule has 120 valence electrons. The lowest BCUT2D eigenvalue weighted by atomic mass is 10.0. The molecule has 0 aromatic carbocycles. The molecule has 0 spiro atoms. The van der Waals surface area contributed by atoms with E-state index in [0.29, 0.717) is 17.8 Å². The SMILES string of the molecule is Cc1cnc2c(C(=O)NCC(CO)Cc3ccsc3)cnn2c1. The Kier molecular flexibility index (Phi) is 4.68. The molecule has 1 atom stereocenters. The molecular formula is C16H18N4O2S. The Morgan fingerprint density at radius 1 is 1.48 bits per heavy atom. The van der Waals surface area contributed by atoms with Gasteiger partial charge < -0.3 is 10.4 Å². The normalized spacial score (nSPS) is 12.4. The van der Waals surface area contributed by atoms with Crippen molar-refractivity contribution >= 4 is 22.9 Å². The van der Waals surface area contributed by atoms with Crippen LogP contribution in [0.25, 0.3) is 5.65 Å². The number of aryl methyl sites for hydroxylation is 1. The molecule has 3 rings (SSSR count). The van der Waals surface area contributed by atoms with E-state index >= 15 is 0 Å². The standard InChI is InChI=1S/C16H18N4O2S/c1-11-5-17-15-14(7-19-20(15)8-11)16(22)18-6-13(9-21)4-12-2-3-23-10-12/h2-3,5,7-8,10,13,21H,4,6,9H2,1H3,(H,18,22). The number of carbonyl (C=O) groups excluding carboxylic acids is 1. The largest absolute Gasteiger partial charge is 0.396 e. The van der Waals surface area contributed by atoms with Gasteiger partial charge in [0.05, 0.1) is 6.20 Å². The molecule has 3 aromatic rings. The summed E-state index contributed by atoms with van der Waals surface area (Å²) in [7, 11) is 0. The number of hydrogen-bond acceptors (Lipinski definition) is 5. The lowest BCUT2D eigenvalue weighted by molar-refractivity contribution is 0.0941. The van der Waals surface area contributed by atoms with Gasteiger partial charge in [0.25, 0.3) is 5.91 Å². The quantitative estimate of drug-likeness (QED) is 0.721. The number of nitrogens with one attached hydrogen (secondary N) is 1. The van der Waals surface area contributed by atoms with Crippen LogP contribution in [-0.4, -0.2) is 38.8 Å². The molecule has 0 bridgehead atoms. The molecule has 1 unspecified atom stereocenters. The first-order valence-electron chi connectivity index (χ1n) is 7.37. The van der Waals surface area contributed by atoms with Gasteiger partial charge in [-0.05, 0) is 41.3 Å². The molecule has 3 aromatic heterocycles. The second-order valence-corrected chi connectivity index (χ2v) is 6.33. The third-order valence-corrected chi connectivity index (χ3v) is 4.38. The highest BCUT2D eigenvalue weighted by Crippen LogP contribution is 2.13. The Labute approximate surface area is 137 Å². The number of fused-ring (bicyclic) bond motifs is 1. The van der Waals surface area contributed by atoms with Crippen LogP contribution in [0, 0.1) is 12.8 Å². The molecule has 0 saturated heterocycles. The zero-order valence-electron chi connectivity index (χ0n) is 12.8. The van der Waals surface area contributed by atoms with Crippen LogP contribution in [0.5, 0.6) is 0 Å². The summed E-state index contributed by atoms with van der Waals surface area (Å²) < 4.78 is 1.60. The average Bonchev–Trinajstić information content (AvgIpc) is 3.19. The number of nitrogens with zero attached hydrogens (tertiary/aromatic N) is 3. The van der Waals surface area contributed by atoms with Gasteiger partial charge in [0, 0.05) is 31.5 Å². The fourth-order valence-electron chi connectivity index (χ4n) is 2.40. The minimum atomic E-state index is -0.222. The number of carbonyl (C=O) groups is 1. The van der Waals surface area contributed by atoms with Crippen molar-refractivity contribution in [1.29, 1.82) is 0 Å². The summed E-state index contributed by atoms with van der Waals surface area (Å²) in [6.07, 6.45) is 5.80. The Hall–Kier alpha value is -2.25. The molecule has 0 radical (unpaired) electrons. The number of aliphatic hydroxyl groups excluding tert-OH is 1. The second kappa shape index (κ2) is 6.89. The molecule has 7 heteroatoms. The van der Waals surface area contributed by atoms with Gasteiger partial charge >= 0.3 is 0 Å². The van der Waals surface area contributed by atoms with E-state index in [4.69, 9.17) is 0 Å². The highest BCUT2D eigenvalue weighted by Gasteiger charge is 2.16. The minimum absolute atomic E-state index is 0.00871. The van der Waals surface area contributed by atoms with Crippen LogP contribution in [-0.2, 0) is 6.42 Å². The molecule has 0 aliphatic carbocycles. The maximum absolute atomic E-state index is 12.3. The molecule has 2 N–H and O–H groups in total. The smallest absolute Gasteiger partial charge is 0.256 e. The number of aromatic nitrogens is 3. The Morgan fingerprint density at radius 2 is 2.35 bits per heavy atom. The summed E-state index contributed by atoms with van der Waals surface area (Å²) in [5.74, 6) is -0.231. The number of rotatable bonds is 6. The van der Waals surface area contributed by atoms with E-state index in [9.17, 15) is 9.90 Å². The van der Waals surface area contributed by atoms with Crippen LogP contribution in [0.2, 0.25) is 0 Å². The van der Waals surface area contributed by atoms with Crippen LogP contribution in [0.4, 0.5) is 0 Å². The molecule has 23 heavy (non-hydrogen) atoms. The molecule has 0 fully saturated rings. The summed E-state index contributed by atoms with van der Waals surface area (Å²) in [6, 6.07) is 2.03. The van der Waals surface area contributed by atoms with Crippen LogP contribution in [0.15, 0.2) is 35.4 Å². The van der Waals surface area contributed by atoms with Gasteiger partial charge in [-0.2, -0.15) is 16.4 Å². The van der Waals surface area contributed by atoms with Crippen LogP contribution < -0.4 is 5.32 Å². The van der Waals surface area contributed by atoms with E-state index < -0.39 is 0 Å². The van der Waals surface area contributed by atoms with Gasteiger partial charge in [-0.1, -0.05) is 0 Å². The van der Waals surface area contributed by atoms with Gasteiger partial charge in [0.2, 0.25) is 0 Å². The van der Waals surface area contributed by atoms with Crippen molar-refractivity contribution in [3.05, 3.63) is 52.1 Å². The van der Waals surface area contributed by atoms with Gasteiger partial charge in [-0.3, -0.25) is 4.79 Å². The van der Waals surface area contributed by atoms with Crippen molar-refractivity contribution < 1.29 is 9.90 Å². The van der Waals surface area contributed by atoms with Gasteiger partial charge in [0.15, 0.2) is 5.65 Å². The van der Waals surface area contributed by atoms with Crippen LogP contribution in [0.3, 0.4) is 0 Å². The zero-order valence-corrected chi connectivity index (χ0v) is 13.6. The van der Waals surface area contributed by atoms with Crippen molar-refractivity contribution in [1.82, 2.24) is 19.9 Å². The Morgan fingerprint density at radius 3 is 3.09 bits per heavy atom. The number of thiophene rings is 1. The fraction of sp³-hybridized carbons (Fsp3) is 0.312. The highest BCUT2D eigenvalue weighted by molar-refractivity contribution is 7.07. The van der Waals surface area contributed by atoms with E-state index in [-0.39, 0.29) is 18.4 Å². The topological polar surface area (TPSA) is 79.5 Å².